The zero-order chi connectivity index (χ0) is 20.1. The van der Waals surface area contributed by atoms with Crippen molar-refractivity contribution in [2.75, 3.05) is 17.6 Å². The lowest BCUT2D eigenvalue weighted by Gasteiger charge is -2.04. The molecule has 2 heterocycles. The molecule has 10 heteroatoms. The molecule has 2 aromatic heterocycles. The minimum absolute atomic E-state index is 0.0677. The van der Waals surface area contributed by atoms with Crippen LogP contribution in [0.25, 0.3) is 0 Å². The Bertz CT molecular complexity index is 985. The predicted octanol–water partition coefficient (Wildman–Crippen LogP) is 3.11. The van der Waals surface area contributed by atoms with Gasteiger partial charge in [0.05, 0.1) is 5.75 Å². The highest BCUT2D eigenvalue weighted by Crippen LogP contribution is 2.40. The van der Waals surface area contributed by atoms with Gasteiger partial charge in [-0.3, -0.25) is 14.9 Å². The summed E-state index contributed by atoms with van der Waals surface area (Å²) < 4.78 is 5.79. The summed E-state index contributed by atoms with van der Waals surface area (Å²) in [5.41, 5.74) is 1.41. The topological polar surface area (TPSA) is 110 Å². The Balaban J connectivity index is 1.19. The lowest BCUT2D eigenvalue weighted by molar-refractivity contribution is -0.118. The van der Waals surface area contributed by atoms with E-state index in [0.717, 1.165) is 25.0 Å². The number of nitrogens with one attached hydrogen (secondary N) is 2. The quantitative estimate of drug-likeness (QED) is 0.397. The number of benzene rings is 1. The highest BCUT2D eigenvalue weighted by molar-refractivity contribution is 8.01. The van der Waals surface area contributed by atoms with E-state index in [4.69, 9.17) is 4.52 Å². The summed E-state index contributed by atoms with van der Waals surface area (Å²) in [6.45, 7) is 0.585. The number of nitrogens with zero attached hydrogens (tertiary/aromatic N) is 3. The van der Waals surface area contributed by atoms with E-state index in [-0.39, 0.29) is 23.3 Å². The molecule has 1 aliphatic rings. The summed E-state index contributed by atoms with van der Waals surface area (Å²) in [6, 6.07) is 11.7. The Morgan fingerprint density at radius 2 is 2.03 bits per heavy atom. The Labute approximate surface area is 175 Å². The van der Waals surface area contributed by atoms with Crippen LogP contribution < -0.4 is 10.6 Å². The Morgan fingerprint density at radius 1 is 1.21 bits per heavy atom. The van der Waals surface area contributed by atoms with Crippen molar-refractivity contribution in [2.45, 2.75) is 29.5 Å². The zero-order valence-corrected chi connectivity index (χ0v) is 17.1. The van der Waals surface area contributed by atoms with Gasteiger partial charge in [0.2, 0.25) is 11.0 Å². The molecule has 2 amide bonds. The number of hydrogen-bond donors (Lipinski definition) is 2. The Hall–Kier alpha value is -2.72. The maximum Gasteiger partial charge on any atom is 0.279 e. The van der Waals surface area contributed by atoms with E-state index in [1.54, 1.807) is 6.07 Å². The van der Waals surface area contributed by atoms with E-state index in [0.29, 0.717) is 21.9 Å². The minimum Gasteiger partial charge on any atom is -0.360 e. The molecule has 1 fully saturated rings. The fourth-order valence-electron chi connectivity index (χ4n) is 2.61. The van der Waals surface area contributed by atoms with Crippen molar-refractivity contribution in [3.8, 4) is 0 Å². The van der Waals surface area contributed by atoms with E-state index in [2.05, 4.69) is 26.0 Å². The number of aromatic nitrogens is 3. The maximum absolute atomic E-state index is 12.2. The average Bonchev–Trinajstić information content (AvgIpc) is 3.28. The van der Waals surface area contributed by atoms with Crippen LogP contribution in [0.5, 0.6) is 0 Å². The molecule has 1 aliphatic carbocycles. The highest BCUT2D eigenvalue weighted by atomic mass is 32.2. The molecule has 1 saturated carbocycles. The molecule has 150 valence electrons. The fourth-order valence-corrected chi connectivity index (χ4v) is 4.18. The van der Waals surface area contributed by atoms with Gasteiger partial charge in [-0.15, -0.1) is 10.2 Å². The second-order valence-corrected chi connectivity index (χ2v) is 8.79. The van der Waals surface area contributed by atoms with E-state index >= 15 is 0 Å². The molecule has 0 saturated heterocycles. The number of carbonyl (C=O) groups excluding carboxylic acids is 2. The molecule has 0 unspecified atom stereocenters. The predicted molar refractivity (Wildman–Crippen MR) is 110 cm³/mol. The molecule has 0 atom stereocenters. The molecule has 8 nitrogen and oxygen atoms in total. The molecule has 0 spiro atoms. The van der Waals surface area contributed by atoms with Gasteiger partial charge in [-0.05, 0) is 24.8 Å². The molecular formula is C19H19N5O3S2. The molecule has 3 aromatic rings. The summed E-state index contributed by atoms with van der Waals surface area (Å²) in [4.78, 5) is 24.2. The third-order valence-electron chi connectivity index (χ3n) is 4.27. The molecule has 29 heavy (non-hydrogen) atoms. The van der Waals surface area contributed by atoms with Crippen LogP contribution in [0.1, 0.15) is 40.6 Å². The summed E-state index contributed by atoms with van der Waals surface area (Å²) in [7, 11) is 0. The third kappa shape index (κ3) is 5.64. The van der Waals surface area contributed by atoms with Gasteiger partial charge in [-0.1, -0.05) is 58.6 Å². The Kier molecular flexibility index (Phi) is 6.20. The highest BCUT2D eigenvalue weighted by Gasteiger charge is 2.29. The van der Waals surface area contributed by atoms with Crippen molar-refractivity contribution in [3.05, 3.63) is 53.4 Å². The standard InChI is InChI=1S/C19H19N5O3S2/c25-16(20-9-8-12-4-2-1-3-5-12)11-28-19-23-22-18(29-19)21-17(26)14-10-15(27-24-14)13-6-7-13/h1-5,10,13H,6-9,11H2,(H,20,25)(H,21,22,26). The van der Waals surface area contributed by atoms with Gasteiger partial charge >= 0.3 is 0 Å². The van der Waals surface area contributed by atoms with Gasteiger partial charge in [0.1, 0.15) is 5.76 Å². The molecule has 4 rings (SSSR count). The maximum atomic E-state index is 12.2. The van der Waals surface area contributed by atoms with E-state index in [1.807, 2.05) is 30.3 Å². The number of amides is 2. The van der Waals surface area contributed by atoms with Gasteiger partial charge in [-0.25, -0.2) is 0 Å². The van der Waals surface area contributed by atoms with Crippen molar-refractivity contribution >= 4 is 40.0 Å². The summed E-state index contributed by atoms with van der Waals surface area (Å²) in [5.74, 6) is 0.939. The van der Waals surface area contributed by atoms with E-state index < -0.39 is 0 Å². The smallest absolute Gasteiger partial charge is 0.279 e. The van der Waals surface area contributed by atoms with Crippen LogP contribution in [0.15, 0.2) is 45.3 Å². The summed E-state index contributed by atoms with van der Waals surface area (Å²) in [6.07, 6.45) is 2.94. The third-order valence-corrected chi connectivity index (χ3v) is 6.25. The van der Waals surface area contributed by atoms with Gasteiger partial charge in [0.15, 0.2) is 10.0 Å². The van der Waals surface area contributed by atoms with Crippen LogP contribution in [-0.2, 0) is 11.2 Å². The van der Waals surface area contributed by atoms with Crippen molar-refractivity contribution in [2.24, 2.45) is 0 Å². The van der Waals surface area contributed by atoms with Gasteiger partial charge < -0.3 is 9.84 Å². The molecule has 0 bridgehead atoms. The van der Waals surface area contributed by atoms with Crippen LogP contribution >= 0.6 is 23.1 Å². The number of hydrogen-bond acceptors (Lipinski definition) is 8. The first-order valence-corrected chi connectivity index (χ1v) is 11.0. The van der Waals surface area contributed by atoms with Gasteiger partial charge in [0.25, 0.3) is 5.91 Å². The molecule has 0 radical (unpaired) electrons. The lowest BCUT2D eigenvalue weighted by Crippen LogP contribution is -2.27. The monoisotopic (exact) mass is 429 g/mol. The lowest BCUT2D eigenvalue weighted by atomic mass is 10.1. The number of carbonyl (C=O) groups is 2. The largest absolute Gasteiger partial charge is 0.360 e. The molecular weight excluding hydrogens is 410 g/mol. The van der Waals surface area contributed by atoms with Gasteiger partial charge in [-0.2, -0.15) is 0 Å². The van der Waals surface area contributed by atoms with E-state index in [1.165, 1.54) is 28.7 Å². The molecule has 2 N–H and O–H groups in total. The molecule has 1 aromatic carbocycles. The summed E-state index contributed by atoms with van der Waals surface area (Å²) >= 11 is 2.50. The van der Waals surface area contributed by atoms with Crippen LogP contribution in [-0.4, -0.2) is 39.5 Å². The fraction of sp³-hybridized carbons (Fsp3) is 0.316. The van der Waals surface area contributed by atoms with Crippen LogP contribution in [0.3, 0.4) is 0 Å². The summed E-state index contributed by atoms with van der Waals surface area (Å²) in [5, 5.41) is 17.6. The normalized spacial score (nSPS) is 13.2. The molecule has 0 aliphatic heterocycles. The Morgan fingerprint density at radius 3 is 2.83 bits per heavy atom. The van der Waals surface area contributed by atoms with Crippen molar-refractivity contribution < 1.29 is 14.1 Å². The first-order chi connectivity index (χ1) is 14.2. The first-order valence-electron chi connectivity index (χ1n) is 9.22. The van der Waals surface area contributed by atoms with Gasteiger partial charge in [0, 0.05) is 18.5 Å². The minimum atomic E-state index is -0.382. The van der Waals surface area contributed by atoms with Crippen LogP contribution in [0.4, 0.5) is 5.13 Å². The zero-order valence-electron chi connectivity index (χ0n) is 15.5. The average molecular weight is 430 g/mol. The first kappa shape index (κ1) is 19.6. The van der Waals surface area contributed by atoms with Crippen LogP contribution in [0, 0.1) is 0 Å². The number of rotatable bonds is 9. The number of anilines is 1. The second kappa shape index (κ2) is 9.19. The van der Waals surface area contributed by atoms with Crippen molar-refractivity contribution in [1.82, 2.24) is 20.7 Å². The van der Waals surface area contributed by atoms with E-state index in [9.17, 15) is 9.59 Å². The second-order valence-electron chi connectivity index (χ2n) is 6.59. The van der Waals surface area contributed by atoms with Crippen molar-refractivity contribution in [1.29, 1.82) is 0 Å². The number of thioether (sulfide) groups is 1. The van der Waals surface area contributed by atoms with Crippen molar-refractivity contribution in [3.63, 3.8) is 0 Å². The van der Waals surface area contributed by atoms with Crippen LogP contribution in [0.2, 0.25) is 0 Å². The SMILES string of the molecule is O=C(CSc1nnc(NC(=O)c2cc(C3CC3)on2)s1)NCCc1ccccc1.